The lowest BCUT2D eigenvalue weighted by Gasteiger charge is -2.40. The smallest absolute Gasteiger partial charge is 0.254 e. The highest BCUT2D eigenvalue weighted by Gasteiger charge is 2.28. The number of hydrogen-bond donors (Lipinski definition) is 1. The van der Waals surface area contributed by atoms with Gasteiger partial charge in [0.15, 0.2) is 0 Å². The first-order chi connectivity index (χ1) is 17.4. The van der Waals surface area contributed by atoms with E-state index in [9.17, 15) is 4.79 Å². The minimum absolute atomic E-state index is 0.103. The van der Waals surface area contributed by atoms with E-state index in [2.05, 4.69) is 9.88 Å². The highest BCUT2D eigenvalue weighted by Crippen LogP contribution is 2.26. The van der Waals surface area contributed by atoms with Crippen molar-refractivity contribution in [2.24, 2.45) is 0 Å². The second-order valence-corrected chi connectivity index (χ2v) is 10.3. The Balaban J connectivity index is 0.000000276. The zero-order chi connectivity index (χ0) is 26.1. The summed E-state index contributed by atoms with van der Waals surface area (Å²) in [7, 11) is 1.00. The maximum Gasteiger partial charge on any atom is 0.254 e. The molecule has 8 heteroatoms. The van der Waals surface area contributed by atoms with Gasteiger partial charge in [-0.2, -0.15) is 0 Å². The fraction of sp³-hybridized carbons (Fsp3) is 0.429. The molecule has 2 aromatic carbocycles. The highest BCUT2D eigenvalue weighted by molar-refractivity contribution is 6.42. The zero-order valence-corrected chi connectivity index (χ0v) is 23.2. The van der Waals surface area contributed by atoms with Crippen molar-refractivity contribution in [3.05, 3.63) is 74.9 Å². The predicted octanol–water partition coefficient (Wildman–Crippen LogP) is 6.89. The zero-order valence-electron chi connectivity index (χ0n) is 20.9. The molecule has 2 fully saturated rings. The number of fused-ring (bicyclic) bond motifs is 1. The van der Waals surface area contributed by atoms with Gasteiger partial charge in [-0.25, -0.2) is 0 Å². The van der Waals surface area contributed by atoms with E-state index in [0.717, 1.165) is 49.5 Å². The van der Waals surface area contributed by atoms with Crippen LogP contribution in [0.2, 0.25) is 15.1 Å². The Kier molecular flexibility index (Phi) is 11.3. The molecule has 0 saturated carbocycles. The topological polar surface area (TPSA) is 56.7 Å². The quantitative estimate of drug-likeness (QED) is 0.377. The van der Waals surface area contributed by atoms with Crippen LogP contribution in [0.3, 0.4) is 0 Å². The van der Waals surface area contributed by atoms with Gasteiger partial charge in [-0.3, -0.25) is 9.78 Å². The average molecular weight is 551 g/mol. The van der Waals surface area contributed by atoms with Crippen LogP contribution in [0.1, 0.15) is 48.0 Å². The number of aromatic nitrogens is 1. The summed E-state index contributed by atoms with van der Waals surface area (Å²) >= 11 is 17.5. The van der Waals surface area contributed by atoms with Gasteiger partial charge in [0, 0.05) is 42.8 Å². The van der Waals surface area contributed by atoms with Crippen LogP contribution in [-0.4, -0.2) is 65.1 Å². The summed E-state index contributed by atoms with van der Waals surface area (Å²) < 4.78 is 0. The van der Waals surface area contributed by atoms with Crippen LogP contribution in [0.15, 0.2) is 48.7 Å². The molecule has 1 N–H and O–H groups in total. The first-order valence-electron chi connectivity index (χ1n) is 12.4. The van der Waals surface area contributed by atoms with Gasteiger partial charge in [-0.15, -0.1) is 0 Å². The Labute approximate surface area is 229 Å². The van der Waals surface area contributed by atoms with Gasteiger partial charge in [0.25, 0.3) is 5.91 Å². The molecule has 0 bridgehead atoms. The predicted molar refractivity (Wildman–Crippen MR) is 150 cm³/mol. The Morgan fingerprint density at radius 1 is 0.889 bits per heavy atom. The molecule has 0 spiro atoms. The van der Waals surface area contributed by atoms with E-state index >= 15 is 0 Å². The van der Waals surface area contributed by atoms with Crippen molar-refractivity contribution in [2.75, 3.05) is 33.3 Å². The molecule has 2 saturated heterocycles. The van der Waals surface area contributed by atoms with Crippen molar-refractivity contribution >= 4 is 51.6 Å². The molecule has 3 heterocycles. The lowest BCUT2D eigenvalue weighted by Crippen LogP contribution is -2.48. The van der Waals surface area contributed by atoms with Crippen LogP contribution < -0.4 is 0 Å². The molecule has 5 nitrogen and oxygen atoms in total. The number of benzene rings is 2. The molecule has 5 rings (SSSR count). The standard InChI is InChI=1S/C20H24ClN3O.C7H6Cl2.CH4O/c21-15-4-5-19-18(14-15)17(6-9-22-19)20(25)24-12-7-16(8-13-24)23-10-2-1-3-11-23;1-5-2-3-6(8)7(9)4-5;1-2/h4-6,9,14,16H,1-3,7-8,10-13H2;2-4H,1H3;2H,1H3. The van der Waals surface area contributed by atoms with Crippen molar-refractivity contribution in [1.82, 2.24) is 14.8 Å². The van der Waals surface area contributed by atoms with Gasteiger partial charge in [0.2, 0.25) is 0 Å². The number of hydrogen-bond acceptors (Lipinski definition) is 4. The minimum Gasteiger partial charge on any atom is -0.400 e. The number of aryl methyl sites for hydroxylation is 1. The number of amides is 1. The molecule has 1 aromatic heterocycles. The van der Waals surface area contributed by atoms with Gasteiger partial charge in [-0.1, -0.05) is 47.3 Å². The third-order valence-corrected chi connectivity index (χ3v) is 7.64. The van der Waals surface area contributed by atoms with E-state index in [0.29, 0.717) is 26.7 Å². The Morgan fingerprint density at radius 2 is 1.58 bits per heavy atom. The van der Waals surface area contributed by atoms with Crippen LogP contribution in [0.5, 0.6) is 0 Å². The number of aliphatic hydroxyl groups is 1. The van der Waals surface area contributed by atoms with Gasteiger partial charge < -0.3 is 14.9 Å². The maximum absolute atomic E-state index is 13.0. The summed E-state index contributed by atoms with van der Waals surface area (Å²) in [6.07, 6.45) is 7.88. The number of halogens is 3. The largest absolute Gasteiger partial charge is 0.400 e. The molecule has 1 amide bonds. The van der Waals surface area contributed by atoms with Gasteiger partial charge in [0.05, 0.1) is 21.1 Å². The van der Waals surface area contributed by atoms with Crippen LogP contribution in [-0.2, 0) is 0 Å². The lowest BCUT2D eigenvalue weighted by atomic mass is 9.99. The second kappa shape index (κ2) is 14.2. The molecule has 0 aliphatic carbocycles. The van der Waals surface area contributed by atoms with Gasteiger partial charge >= 0.3 is 0 Å². The molecule has 3 aromatic rings. The number of nitrogens with zero attached hydrogens (tertiary/aromatic N) is 3. The molecule has 36 heavy (non-hydrogen) atoms. The highest BCUT2D eigenvalue weighted by atomic mass is 35.5. The minimum atomic E-state index is 0.103. The van der Waals surface area contributed by atoms with E-state index in [1.807, 2.05) is 48.2 Å². The Morgan fingerprint density at radius 3 is 2.22 bits per heavy atom. The van der Waals surface area contributed by atoms with Crippen molar-refractivity contribution in [3.8, 4) is 0 Å². The summed E-state index contributed by atoms with van der Waals surface area (Å²) in [6, 6.07) is 13.5. The first-order valence-corrected chi connectivity index (χ1v) is 13.5. The van der Waals surface area contributed by atoms with E-state index < -0.39 is 0 Å². The molecular weight excluding hydrogens is 517 g/mol. The summed E-state index contributed by atoms with van der Waals surface area (Å²) in [6.45, 7) is 6.11. The summed E-state index contributed by atoms with van der Waals surface area (Å²) in [4.78, 5) is 22.0. The third-order valence-electron chi connectivity index (χ3n) is 6.67. The average Bonchev–Trinajstić information content (AvgIpc) is 2.92. The van der Waals surface area contributed by atoms with E-state index in [1.165, 1.54) is 32.4 Å². The number of likely N-dealkylation sites (tertiary alicyclic amines) is 2. The van der Waals surface area contributed by atoms with Crippen molar-refractivity contribution in [3.63, 3.8) is 0 Å². The summed E-state index contributed by atoms with van der Waals surface area (Å²) in [5.74, 6) is 0.103. The van der Waals surface area contributed by atoms with Gasteiger partial charge in [-0.05, 0) is 87.7 Å². The Bertz CT molecular complexity index is 1140. The Hall–Kier alpha value is -1.89. The first kappa shape index (κ1) is 28.7. The molecule has 0 atom stereocenters. The third kappa shape index (κ3) is 7.56. The van der Waals surface area contributed by atoms with Crippen LogP contribution >= 0.6 is 34.8 Å². The number of piperidine rings is 2. The van der Waals surface area contributed by atoms with E-state index in [-0.39, 0.29) is 5.91 Å². The molecule has 2 aliphatic heterocycles. The number of aliphatic hydroxyl groups excluding tert-OH is 1. The van der Waals surface area contributed by atoms with E-state index in [4.69, 9.17) is 39.9 Å². The lowest BCUT2D eigenvalue weighted by molar-refractivity contribution is 0.0591. The van der Waals surface area contributed by atoms with Crippen LogP contribution in [0.25, 0.3) is 10.9 Å². The van der Waals surface area contributed by atoms with Crippen molar-refractivity contribution in [1.29, 1.82) is 0 Å². The maximum atomic E-state index is 13.0. The second-order valence-electron chi connectivity index (χ2n) is 9.06. The number of pyridine rings is 1. The number of carbonyl (C=O) groups excluding carboxylic acids is 1. The number of rotatable bonds is 2. The van der Waals surface area contributed by atoms with Gasteiger partial charge in [0.1, 0.15) is 0 Å². The molecule has 0 radical (unpaired) electrons. The fourth-order valence-electron chi connectivity index (χ4n) is 4.79. The van der Waals surface area contributed by atoms with Crippen molar-refractivity contribution in [2.45, 2.75) is 45.1 Å². The number of carbonyl (C=O) groups is 1. The fourth-order valence-corrected chi connectivity index (χ4v) is 5.32. The van der Waals surface area contributed by atoms with Crippen LogP contribution in [0, 0.1) is 6.92 Å². The SMILES string of the molecule is CO.Cc1ccc(Cl)c(Cl)c1.O=C(c1ccnc2ccc(Cl)cc12)N1CCC(N2CCCCC2)CC1. The molecule has 194 valence electrons. The molecule has 2 aliphatic rings. The van der Waals surface area contributed by atoms with E-state index in [1.54, 1.807) is 12.3 Å². The van der Waals surface area contributed by atoms with Crippen LogP contribution in [0.4, 0.5) is 0 Å². The normalized spacial score (nSPS) is 16.6. The summed E-state index contributed by atoms with van der Waals surface area (Å²) in [5.41, 5.74) is 2.66. The summed E-state index contributed by atoms with van der Waals surface area (Å²) in [5, 5.41) is 9.72. The molecule has 0 unspecified atom stereocenters. The van der Waals surface area contributed by atoms with Crippen molar-refractivity contribution < 1.29 is 9.90 Å². The molecular formula is C28H34Cl3N3O2. The monoisotopic (exact) mass is 549 g/mol.